The van der Waals surface area contributed by atoms with Gasteiger partial charge in [-0.3, -0.25) is 4.79 Å². The summed E-state index contributed by atoms with van der Waals surface area (Å²) in [6, 6.07) is 5.45. The zero-order valence-corrected chi connectivity index (χ0v) is 14.8. The predicted octanol–water partition coefficient (Wildman–Crippen LogP) is 1.74. The van der Waals surface area contributed by atoms with Crippen LogP contribution in [0, 0.1) is 11.8 Å². The number of quaternary nitrogens is 1. The number of methoxy groups -OCH3 is 2. The lowest BCUT2D eigenvalue weighted by Crippen LogP contribution is -3.15. The summed E-state index contributed by atoms with van der Waals surface area (Å²) in [7, 11) is 3.22. The highest BCUT2D eigenvalue weighted by atomic mass is 16.5. The first-order chi connectivity index (χ1) is 11.7. The van der Waals surface area contributed by atoms with E-state index >= 15 is 0 Å². The number of anilines is 1. The molecule has 1 heterocycles. The molecule has 1 aromatic carbocycles. The third-order valence-corrected chi connectivity index (χ3v) is 5.58. The maximum atomic E-state index is 12.5. The average molecular weight is 333 g/mol. The Hall–Kier alpha value is -1.75. The largest absolute Gasteiger partial charge is 0.497 e. The predicted molar refractivity (Wildman–Crippen MR) is 93.8 cm³/mol. The first-order valence-electron chi connectivity index (χ1n) is 9.05. The number of piperidine rings is 1. The normalized spacial score (nSPS) is 26.3. The summed E-state index contributed by atoms with van der Waals surface area (Å²) >= 11 is 0. The van der Waals surface area contributed by atoms with Gasteiger partial charge in [0.15, 0.2) is 6.54 Å². The van der Waals surface area contributed by atoms with E-state index < -0.39 is 0 Å². The van der Waals surface area contributed by atoms with Crippen molar-refractivity contribution in [3.8, 4) is 11.5 Å². The zero-order chi connectivity index (χ0) is 16.9. The first kappa shape index (κ1) is 17.1. The number of likely N-dealkylation sites (tertiary alicyclic amines) is 1. The maximum Gasteiger partial charge on any atom is 0.279 e. The molecule has 1 saturated carbocycles. The van der Waals surface area contributed by atoms with E-state index in [1.807, 2.05) is 12.1 Å². The minimum atomic E-state index is 0.0470. The molecule has 132 valence electrons. The van der Waals surface area contributed by atoms with Crippen molar-refractivity contribution in [2.24, 2.45) is 11.8 Å². The van der Waals surface area contributed by atoms with Crippen molar-refractivity contribution >= 4 is 11.6 Å². The zero-order valence-electron chi connectivity index (χ0n) is 14.8. The lowest BCUT2D eigenvalue weighted by molar-refractivity contribution is -0.902. The Labute approximate surface area is 144 Å². The number of carbonyl (C=O) groups is 1. The molecule has 1 amide bonds. The van der Waals surface area contributed by atoms with Crippen LogP contribution < -0.4 is 19.7 Å². The van der Waals surface area contributed by atoms with Crippen LogP contribution >= 0.6 is 0 Å². The molecule has 0 radical (unpaired) electrons. The third kappa shape index (κ3) is 4.01. The summed E-state index contributed by atoms with van der Waals surface area (Å²) in [5.41, 5.74) is 0.675. The van der Waals surface area contributed by atoms with Crippen LogP contribution in [0.3, 0.4) is 0 Å². The number of carbonyl (C=O) groups excluding carboxylic acids is 1. The highest BCUT2D eigenvalue weighted by Gasteiger charge is 2.34. The summed E-state index contributed by atoms with van der Waals surface area (Å²) in [4.78, 5) is 13.9. The second kappa shape index (κ2) is 7.88. The lowest BCUT2D eigenvalue weighted by atomic mass is 9.75. The Bertz CT molecular complexity index is 576. The molecule has 1 unspecified atom stereocenters. The van der Waals surface area contributed by atoms with Crippen LogP contribution in [0.4, 0.5) is 5.69 Å². The van der Waals surface area contributed by atoms with Crippen LogP contribution in [0.15, 0.2) is 18.2 Å². The number of fused-ring (bicyclic) bond motifs is 1. The molecule has 5 heteroatoms. The second-order valence-corrected chi connectivity index (χ2v) is 7.09. The number of rotatable bonds is 5. The number of hydrogen-bond acceptors (Lipinski definition) is 3. The van der Waals surface area contributed by atoms with Crippen LogP contribution in [0.1, 0.15) is 32.1 Å². The number of hydrogen-bond donors (Lipinski definition) is 2. The van der Waals surface area contributed by atoms with Crippen molar-refractivity contribution in [3.05, 3.63) is 18.2 Å². The van der Waals surface area contributed by atoms with Gasteiger partial charge in [0, 0.05) is 12.0 Å². The molecular formula is C19H29N2O3+. The second-order valence-electron chi connectivity index (χ2n) is 7.09. The van der Waals surface area contributed by atoms with E-state index in [1.54, 1.807) is 20.3 Å². The van der Waals surface area contributed by atoms with Gasteiger partial charge in [-0.1, -0.05) is 12.8 Å². The highest BCUT2D eigenvalue weighted by Crippen LogP contribution is 2.32. The van der Waals surface area contributed by atoms with Crippen LogP contribution in [0.25, 0.3) is 0 Å². The van der Waals surface area contributed by atoms with Crippen LogP contribution in [0.2, 0.25) is 0 Å². The number of benzene rings is 1. The summed E-state index contributed by atoms with van der Waals surface area (Å²) < 4.78 is 10.6. The quantitative estimate of drug-likeness (QED) is 0.863. The van der Waals surface area contributed by atoms with Gasteiger partial charge in [-0.25, -0.2) is 0 Å². The standard InChI is InChI=1S/C19H28N2O3/c1-23-16-7-8-18(24-2)17(11-16)20-19(22)13-21-10-9-14-5-3-4-6-15(14)12-21/h7-8,11,14-15H,3-6,9-10,12-13H2,1-2H3,(H,20,22)/p+1/t14-,15+/m0/s1. The Balaban J connectivity index is 1.57. The van der Waals surface area contributed by atoms with Gasteiger partial charge in [0.05, 0.1) is 33.0 Å². The van der Waals surface area contributed by atoms with E-state index in [2.05, 4.69) is 5.32 Å². The van der Waals surface area contributed by atoms with E-state index in [9.17, 15) is 4.79 Å². The van der Waals surface area contributed by atoms with Crippen LogP contribution in [-0.2, 0) is 4.79 Å². The fourth-order valence-corrected chi connectivity index (χ4v) is 4.29. The van der Waals surface area contributed by atoms with Crippen LogP contribution in [-0.4, -0.2) is 39.8 Å². The SMILES string of the molecule is COc1ccc(OC)c(NC(=O)C[NH+]2CC[C@@H]3CCCC[C@@H]3C2)c1. The molecule has 5 nitrogen and oxygen atoms in total. The molecule has 2 aliphatic rings. The van der Waals surface area contributed by atoms with Crippen LogP contribution in [0.5, 0.6) is 11.5 Å². The van der Waals surface area contributed by atoms with E-state index in [0.717, 1.165) is 24.9 Å². The molecule has 1 aromatic rings. The van der Waals surface area contributed by atoms with Gasteiger partial charge in [0.2, 0.25) is 0 Å². The Morgan fingerprint density at radius 1 is 1.17 bits per heavy atom. The van der Waals surface area contributed by atoms with Gasteiger partial charge in [-0.15, -0.1) is 0 Å². The third-order valence-electron chi connectivity index (χ3n) is 5.58. The van der Waals surface area contributed by atoms with Crippen molar-refractivity contribution in [1.82, 2.24) is 0 Å². The van der Waals surface area contributed by atoms with Crippen molar-refractivity contribution in [3.63, 3.8) is 0 Å². The topological polar surface area (TPSA) is 52.0 Å². The lowest BCUT2D eigenvalue weighted by Gasteiger charge is -2.38. The number of nitrogens with one attached hydrogen (secondary N) is 2. The minimum Gasteiger partial charge on any atom is -0.497 e. The Morgan fingerprint density at radius 3 is 2.71 bits per heavy atom. The van der Waals surface area contributed by atoms with Gasteiger partial charge in [-0.2, -0.15) is 0 Å². The number of ether oxygens (including phenoxy) is 2. The maximum absolute atomic E-state index is 12.5. The molecule has 0 spiro atoms. The van der Waals surface area contributed by atoms with Gasteiger partial charge >= 0.3 is 0 Å². The molecule has 1 aliphatic carbocycles. The fourth-order valence-electron chi connectivity index (χ4n) is 4.29. The average Bonchev–Trinajstić information content (AvgIpc) is 2.61. The molecular weight excluding hydrogens is 304 g/mol. The van der Waals surface area contributed by atoms with E-state index in [0.29, 0.717) is 23.7 Å². The molecule has 1 aliphatic heterocycles. The molecule has 1 saturated heterocycles. The molecule has 3 atom stereocenters. The minimum absolute atomic E-state index is 0.0470. The van der Waals surface area contributed by atoms with E-state index in [1.165, 1.54) is 37.0 Å². The summed E-state index contributed by atoms with van der Waals surface area (Å²) in [5.74, 6) is 3.14. The molecule has 2 N–H and O–H groups in total. The smallest absolute Gasteiger partial charge is 0.279 e. The highest BCUT2D eigenvalue weighted by molar-refractivity contribution is 5.93. The molecule has 0 aromatic heterocycles. The number of amides is 1. The van der Waals surface area contributed by atoms with Crippen molar-refractivity contribution < 1.29 is 19.2 Å². The molecule has 24 heavy (non-hydrogen) atoms. The van der Waals surface area contributed by atoms with E-state index in [4.69, 9.17) is 9.47 Å². The Morgan fingerprint density at radius 2 is 1.96 bits per heavy atom. The Kier molecular flexibility index (Phi) is 5.61. The van der Waals surface area contributed by atoms with Gasteiger partial charge in [0.25, 0.3) is 5.91 Å². The molecule has 0 bridgehead atoms. The summed E-state index contributed by atoms with van der Waals surface area (Å²) in [5, 5.41) is 2.99. The monoisotopic (exact) mass is 333 g/mol. The van der Waals surface area contributed by atoms with Gasteiger partial charge < -0.3 is 19.7 Å². The fraction of sp³-hybridized carbons (Fsp3) is 0.632. The van der Waals surface area contributed by atoms with E-state index in [-0.39, 0.29) is 5.91 Å². The first-order valence-corrected chi connectivity index (χ1v) is 9.05. The van der Waals surface area contributed by atoms with Gasteiger partial charge in [-0.05, 0) is 37.3 Å². The van der Waals surface area contributed by atoms with Crippen molar-refractivity contribution in [1.29, 1.82) is 0 Å². The summed E-state index contributed by atoms with van der Waals surface area (Å²) in [6.07, 6.45) is 6.77. The van der Waals surface area contributed by atoms with Crippen molar-refractivity contribution in [2.75, 3.05) is 39.2 Å². The molecule has 2 fully saturated rings. The summed E-state index contributed by atoms with van der Waals surface area (Å²) in [6.45, 7) is 2.79. The van der Waals surface area contributed by atoms with Gasteiger partial charge in [0.1, 0.15) is 11.5 Å². The van der Waals surface area contributed by atoms with Crippen molar-refractivity contribution in [2.45, 2.75) is 32.1 Å². The molecule has 3 rings (SSSR count).